The highest BCUT2D eigenvalue weighted by molar-refractivity contribution is 8.01. The van der Waals surface area contributed by atoms with E-state index in [9.17, 15) is 9.59 Å². The first-order valence-electron chi connectivity index (χ1n) is 6.40. The van der Waals surface area contributed by atoms with Crippen molar-refractivity contribution >= 4 is 34.7 Å². The Morgan fingerprint density at radius 3 is 2.45 bits per heavy atom. The number of thiazole rings is 1. The fourth-order valence-corrected chi connectivity index (χ4v) is 4.11. The molecule has 0 bridgehead atoms. The molecule has 0 fully saturated rings. The highest BCUT2D eigenvalue weighted by Crippen LogP contribution is 2.35. The lowest BCUT2D eigenvalue weighted by Crippen LogP contribution is -2.19. The average Bonchev–Trinajstić information content (AvgIpc) is 2.87. The van der Waals surface area contributed by atoms with E-state index in [-0.39, 0.29) is 11.6 Å². The van der Waals surface area contributed by atoms with Crippen LogP contribution in [0.2, 0.25) is 0 Å². The lowest BCUT2D eigenvalue weighted by atomic mass is 9.92. The zero-order valence-corrected chi connectivity index (χ0v) is 12.8. The number of carbonyl (C=O) groups excluding carboxylic acids is 2. The van der Waals surface area contributed by atoms with Crippen molar-refractivity contribution in [3.05, 3.63) is 46.0 Å². The minimum atomic E-state index is -0.136. The molecule has 1 aliphatic carbocycles. The Bertz CT molecular complexity index is 651. The molecule has 1 aliphatic rings. The van der Waals surface area contributed by atoms with Crippen LogP contribution in [-0.2, 0) is 0 Å². The van der Waals surface area contributed by atoms with Gasteiger partial charge in [-0.05, 0) is 5.92 Å². The summed E-state index contributed by atoms with van der Waals surface area (Å²) in [5.74, 6) is 1.26. The zero-order valence-electron chi connectivity index (χ0n) is 11.2. The molecule has 0 unspecified atom stereocenters. The van der Waals surface area contributed by atoms with Gasteiger partial charge >= 0.3 is 0 Å². The summed E-state index contributed by atoms with van der Waals surface area (Å²) in [4.78, 5) is 29.7. The monoisotopic (exact) mass is 303 g/mol. The normalized spacial score (nSPS) is 13.6. The van der Waals surface area contributed by atoms with Crippen LogP contribution in [0, 0.1) is 5.92 Å². The minimum absolute atomic E-state index is 0.0795. The lowest BCUT2D eigenvalue weighted by molar-refractivity contribution is 0.0979. The SMILES string of the molecule is CC(C)CSc1nc2c(s1)C(=O)c1ccccc1C2=O. The standard InChI is InChI=1S/C15H13NO2S2/c1-8(2)7-19-15-16-11-12(17)9-5-3-4-6-10(9)13(18)14(11)20-15/h3-6,8H,7H2,1-2H3. The van der Waals surface area contributed by atoms with Crippen molar-refractivity contribution in [1.82, 2.24) is 4.98 Å². The van der Waals surface area contributed by atoms with Gasteiger partial charge in [0.25, 0.3) is 0 Å². The Labute approximate surface area is 125 Å². The molecule has 2 aromatic rings. The summed E-state index contributed by atoms with van der Waals surface area (Å²) in [6, 6.07) is 6.96. The molecule has 3 nitrogen and oxygen atoms in total. The summed E-state index contributed by atoms with van der Waals surface area (Å²) in [6.45, 7) is 4.26. The lowest BCUT2D eigenvalue weighted by Gasteiger charge is -2.11. The molecular formula is C15H13NO2S2. The molecule has 20 heavy (non-hydrogen) atoms. The zero-order chi connectivity index (χ0) is 14.3. The van der Waals surface area contributed by atoms with Gasteiger partial charge in [0.15, 0.2) is 4.34 Å². The van der Waals surface area contributed by atoms with E-state index < -0.39 is 0 Å². The smallest absolute Gasteiger partial charge is 0.213 e. The van der Waals surface area contributed by atoms with Crippen molar-refractivity contribution in [3.8, 4) is 0 Å². The summed E-state index contributed by atoms with van der Waals surface area (Å²) < 4.78 is 0.804. The van der Waals surface area contributed by atoms with Crippen LogP contribution in [0.1, 0.15) is 45.1 Å². The van der Waals surface area contributed by atoms with Crippen molar-refractivity contribution < 1.29 is 9.59 Å². The Kier molecular flexibility index (Phi) is 3.48. The molecule has 102 valence electrons. The Morgan fingerprint density at radius 1 is 1.15 bits per heavy atom. The van der Waals surface area contributed by atoms with Gasteiger partial charge in [-0.1, -0.05) is 49.9 Å². The molecule has 5 heteroatoms. The van der Waals surface area contributed by atoms with Gasteiger partial charge in [0, 0.05) is 16.9 Å². The molecule has 0 saturated carbocycles. The largest absolute Gasteiger partial charge is 0.288 e. The van der Waals surface area contributed by atoms with Crippen LogP contribution in [0.5, 0.6) is 0 Å². The predicted molar refractivity (Wildman–Crippen MR) is 81.0 cm³/mol. The van der Waals surface area contributed by atoms with Gasteiger partial charge in [0.05, 0.1) is 0 Å². The fraction of sp³-hybridized carbons (Fsp3) is 0.267. The molecule has 0 N–H and O–H groups in total. The Hall–Kier alpha value is -1.46. The van der Waals surface area contributed by atoms with E-state index in [0.29, 0.717) is 27.6 Å². The Balaban J connectivity index is 2.01. The number of fused-ring (bicyclic) bond motifs is 2. The van der Waals surface area contributed by atoms with Crippen LogP contribution in [-0.4, -0.2) is 22.3 Å². The number of carbonyl (C=O) groups is 2. The molecule has 1 aromatic heterocycles. The predicted octanol–water partition coefficient (Wildman–Crippen LogP) is 3.67. The van der Waals surface area contributed by atoms with E-state index in [1.807, 2.05) is 0 Å². The van der Waals surface area contributed by atoms with Crippen molar-refractivity contribution in [2.24, 2.45) is 5.92 Å². The molecule has 0 saturated heterocycles. The topological polar surface area (TPSA) is 47.0 Å². The van der Waals surface area contributed by atoms with Crippen molar-refractivity contribution in [1.29, 1.82) is 0 Å². The molecule has 0 amide bonds. The molecule has 0 radical (unpaired) electrons. The number of hydrogen-bond acceptors (Lipinski definition) is 5. The van der Waals surface area contributed by atoms with E-state index in [4.69, 9.17) is 0 Å². The molecule has 3 rings (SSSR count). The first-order valence-corrected chi connectivity index (χ1v) is 8.20. The molecule has 0 aliphatic heterocycles. The second-order valence-corrected chi connectivity index (χ2v) is 7.33. The molecular weight excluding hydrogens is 290 g/mol. The Morgan fingerprint density at radius 2 is 1.80 bits per heavy atom. The van der Waals surface area contributed by atoms with Crippen molar-refractivity contribution in [2.75, 3.05) is 5.75 Å². The first kappa shape index (κ1) is 13.5. The number of benzene rings is 1. The molecule has 0 atom stereocenters. The molecule has 0 spiro atoms. The van der Waals surface area contributed by atoms with Gasteiger partial charge < -0.3 is 0 Å². The van der Waals surface area contributed by atoms with Gasteiger partial charge in [-0.2, -0.15) is 0 Å². The second-order valence-electron chi connectivity index (χ2n) is 5.07. The van der Waals surface area contributed by atoms with Crippen LogP contribution < -0.4 is 0 Å². The van der Waals surface area contributed by atoms with E-state index in [0.717, 1.165) is 10.1 Å². The number of ketones is 2. The van der Waals surface area contributed by atoms with Crippen LogP contribution in [0.25, 0.3) is 0 Å². The number of thioether (sulfide) groups is 1. The highest BCUT2D eigenvalue weighted by atomic mass is 32.2. The van der Waals surface area contributed by atoms with Gasteiger partial charge in [-0.25, -0.2) is 4.98 Å². The number of rotatable bonds is 3. The van der Waals surface area contributed by atoms with Gasteiger partial charge in [-0.3, -0.25) is 9.59 Å². The summed E-state index contributed by atoms with van der Waals surface area (Å²) in [5.41, 5.74) is 1.29. The number of hydrogen-bond donors (Lipinski definition) is 0. The summed E-state index contributed by atoms with van der Waals surface area (Å²) in [6.07, 6.45) is 0. The fourth-order valence-electron chi connectivity index (χ4n) is 2.04. The van der Waals surface area contributed by atoms with Crippen LogP contribution >= 0.6 is 23.1 Å². The van der Waals surface area contributed by atoms with Crippen LogP contribution in [0.3, 0.4) is 0 Å². The maximum Gasteiger partial charge on any atom is 0.213 e. The third-order valence-corrected chi connectivity index (χ3v) is 5.61. The van der Waals surface area contributed by atoms with E-state index in [1.54, 1.807) is 36.0 Å². The van der Waals surface area contributed by atoms with Crippen LogP contribution in [0.4, 0.5) is 0 Å². The maximum absolute atomic E-state index is 12.4. The minimum Gasteiger partial charge on any atom is -0.288 e. The van der Waals surface area contributed by atoms with Crippen molar-refractivity contribution in [2.45, 2.75) is 18.2 Å². The quantitative estimate of drug-likeness (QED) is 0.693. The number of aromatic nitrogens is 1. The number of nitrogens with zero attached hydrogens (tertiary/aromatic N) is 1. The van der Waals surface area contributed by atoms with Gasteiger partial charge in [0.1, 0.15) is 10.6 Å². The summed E-state index contributed by atoms with van der Waals surface area (Å²) in [7, 11) is 0. The maximum atomic E-state index is 12.4. The van der Waals surface area contributed by atoms with Gasteiger partial charge in [0.2, 0.25) is 11.6 Å². The first-order chi connectivity index (χ1) is 9.58. The second kappa shape index (κ2) is 5.14. The summed E-state index contributed by atoms with van der Waals surface area (Å²) >= 11 is 2.94. The average molecular weight is 303 g/mol. The van der Waals surface area contributed by atoms with E-state index >= 15 is 0 Å². The summed E-state index contributed by atoms with van der Waals surface area (Å²) in [5, 5.41) is 0. The molecule has 1 aromatic carbocycles. The van der Waals surface area contributed by atoms with Crippen LogP contribution in [0.15, 0.2) is 28.6 Å². The van der Waals surface area contributed by atoms with E-state index in [1.165, 1.54) is 11.3 Å². The third-order valence-electron chi connectivity index (χ3n) is 2.99. The van der Waals surface area contributed by atoms with Crippen molar-refractivity contribution in [3.63, 3.8) is 0 Å². The highest BCUT2D eigenvalue weighted by Gasteiger charge is 2.33. The molecule has 1 heterocycles. The van der Waals surface area contributed by atoms with E-state index in [2.05, 4.69) is 18.8 Å². The van der Waals surface area contributed by atoms with Gasteiger partial charge in [-0.15, -0.1) is 11.3 Å². The third kappa shape index (κ3) is 2.21.